The first-order valence-corrected chi connectivity index (χ1v) is 7.79. The molecule has 2 unspecified atom stereocenters. The van der Waals surface area contributed by atoms with Gasteiger partial charge in [-0.1, -0.05) is 32.4 Å². The first-order chi connectivity index (χ1) is 8.78. The molecule has 0 amide bonds. The molecule has 1 aliphatic carbocycles. The Labute approximate surface area is 128 Å². The van der Waals surface area contributed by atoms with E-state index in [1.807, 2.05) is 18.2 Å². The van der Waals surface area contributed by atoms with Gasteiger partial charge in [0.1, 0.15) is 0 Å². The number of hydrogen-bond acceptors (Lipinski definition) is 2. The van der Waals surface area contributed by atoms with Crippen molar-refractivity contribution >= 4 is 33.2 Å². The number of benzene rings is 1. The highest BCUT2D eigenvalue weighted by molar-refractivity contribution is 9.10. The molecule has 0 saturated heterocycles. The summed E-state index contributed by atoms with van der Waals surface area (Å²) >= 11 is 9.45. The summed E-state index contributed by atoms with van der Waals surface area (Å²) in [6, 6.07) is 5.80. The summed E-state index contributed by atoms with van der Waals surface area (Å²) in [5, 5.41) is 14.1. The van der Waals surface area contributed by atoms with E-state index in [2.05, 4.69) is 42.0 Å². The molecule has 0 bridgehead atoms. The van der Waals surface area contributed by atoms with Gasteiger partial charge in [-0.05, 0) is 58.3 Å². The van der Waals surface area contributed by atoms with Crippen LogP contribution in [-0.4, -0.2) is 17.3 Å². The van der Waals surface area contributed by atoms with Gasteiger partial charge in [-0.3, -0.25) is 0 Å². The highest BCUT2D eigenvalue weighted by atomic mass is 79.9. The predicted octanol–water partition coefficient (Wildman–Crippen LogP) is 4.70. The number of aliphatic hydroxyl groups excluding tert-OH is 1. The maximum Gasteiger partial charge on any atom is 0.0664 e. The second-order valence-electron chi connectivity index (χ2n) is 6.51. The molecule has 0 aliphatic heterocycles. The third kappa shape index (κ3) is 3.09. The summed E-state index contributed by atoms with van der Waals surface area (Å²) in [4.78, 5) is 0. The lowest BCUT2D eigenvalue weighted by Crippen LogP contribution is -2.45. The van der Waals surface area contributed by atoms with E-state index in [4.69, 9.17) is 11.6 Å². The molecule has 1 aromatic rings. The van der Waals surface area contributed by atoms with Gasteiger partial charge in [-0.25, -0.2) is 0 Å². The molecule has 1 aromatic carbocycles. The van der Waals surface area contributed by atoms with Gasteiger partial charge in [0.2, 0.25) is 0 Å². The minimum absolute atomic E-state index is 0.151. The quantitative estimate of drug-likeness (QED) is 0.831. The van der Waals surface area contributed by atoms with Crippen LogP contribution in [0.15, 0.2) is 22.7 Å². The first kappa shape index (κ1) is 15.1. The summed E-state index contributed by atoms with van der Waals surface area (Å²) in [5.74, 6) is 0.432. The maximum absolute atomic E-state index is 9.90. The summed E-state index contributed by atoms with van der Waals surface area (Å²) in [6.45, 7) is 6.89. The molecule has 2 atom stereocenters. The van der Waals surface area contributed by atoms with E-state index in [0.29, 0.717) is 10.9 Å². The Bertz CT molecular complexity index is 477. The zero-order valence-electron chi connectivity index (χ0n) is 11.6. The SMILES string of the molecule is CC1CC(C)(C)CC1(CO)Nc1ccc(Cl)c(Br)c1. The van der Waals surface area contributed by atoms with E-state index >= 15 is 0 Å². The second-order valence-corrected chi connectivity index (χ2v) is 7.78. The molecule has 4 heteroatoms. The van der Waals surface area contributed by atoms with Crippen LogP contribution in [0, 0.1) is 11.3 Å². The fourth-order valence-electron chi connectivity index (χ4n) is 3.40. The Morgan fingerprint density at radius 3 is 2.63 bits per heavy atom. The summed E-state index contributed by atoms with van der Waals surface area (Å²) in [6.07, 6.45) is 2.09. The van der Waals surface area contributed by atoms with Crippen LogP contribution in [0.4, 0.5) is 5.69 Å². The molecular formula is C15H21BrClNO. The zero-order valence-corrected chi connectivity index (χ0v) is 14.0. The van der Waals surface area contributed by atoms with Crippen LogP contribution >= 0.6 is 27.5 Å². The normalized spacial score (nSPS) is 29.5. The van der Waals surface area contributed by atoms with Gasteiger partial charge in [-0.15, -0.1) is 0 Å². The van der Waals surface area contributed by atoms with Crippen molar-refractivity contribution in [3.8, 4) is 0 Å². The van der Waals surface area contributed by atoms with Crippen molar-refractivity contribution in [3.63, 3.8) is 0 Å². The molecule has 0 spiro atoms. The molecule has 0 aromatic heterocycles. The summed E-state index contributed by atoms with van der Waals surface area (Å²) in [7, 11) is 0. The Kier molecular flexibility index (Phi) is 4.20. The molecule has 1 aliphatic rings. The zero-order chi connectivity index (χ0) is 14.3. The van der Waals surface area contributed by atoms with Gasteiger partial charge >= 0.3 is 0 Å². The average Bonchev–Trinajstić information content (AvgIpc) is 2.54. The van der Waals surface area contributed by atoms with Gasteiger partial charge in [0.25, 0.3) is 0 Å². The lowest BCUT2D eigenvalue weighted by atomic mass is 9.86. The van der Waals surface area contributed by atoms with E-state index < -0.39 is 0 Å². The first-order valence-electron chi connectivity index (χ1n) is 6.62. The number of rotatable bonds is 3. The molecule has 19 heavy (non-hydrogen) atoms. The maximum atomic E-state index is 9.90. The number of nitrogens with one attached hydrogen (secondary N) is 1. The molecule has 1 fully saturated rings. The van der Waals surface area contributed by atoms with Crippen molar-refractivity contribution in [2.45, 2.75) is 39.2 Å². The second kappa shape index (κ2) is 5.27. The van der Waals surface area contributed by atoms with Gasteiger partial charge < -0.3 is 10.4 Å². The van der Waals surface area contributed by atoms with Crippen LogP contribution in [-0.2, 0) is 0 Å². The van der Waals surface area contributed by atoms with Crippen LogP contribution in [0.3, 0.4) is 0 Å². The van der Waals surface area contributed by atoms with E-state index in [0.717, 1.165) is 23.0 Å². The highest BCUT2D eigenvalue weighted by Crippen LogP contribution is 2.48. The Morgan fingerprint density at radius 2 is 2.16 bits per heavy atom. The van der Waals surface area contributed by atoms with Crippen LogP contribution in [0.5, 0.6) is 0 Å². The topological polar surface area (TPSA) is 32.3 Å². The van der Waals surface area contributed by atoms with Crippen molar-refractivity contribution in [1.82, 2.24) is 0 Å². The molecule has 106 valence electrons. The van der Waals surface area contributed by atoms with Crippen LogP contribution < -0.4 is 5.32 Å². The van der Waals surface area contributed by atoms with Crippen LogP contribution in [0.25, 0.3) is 0 Å². The van der Waals surface area contributed by atoms with Gasteiger partial charge in [-0.2, -0.15) is 0 Å². The lowest BCUT2D eigenvalue weighted by Gasteiger charge is -2.35. The van der Waals surface area contributed by atoms with E-state index in [-0.39, 0.29) is 17.6 Å². The summed E-state index contributed by atoms with van der Waals surface area (Å²) in [5.41, 5.74) is 1.02. The average molecular weight is 347 g/mol. The standard InChI is InChI=1S/C15H21BrClNO/c1-10-7-14(2,3)8-15(10,9-19)18-11-4-5-13(17)12(16)6-11/h4-6,10,18-19H,7-9H2,1-3H3. The minimum atomic E-state index is -0.239. The molecule has 0 radical (unpaired) electrons. The van der Waals surface area contributed by atoms with Gasteiger partial charge in [0.15, 0.2) is 0 Å². The Balaban J connectivity index is 2.26. The number of halogens is 2. The monoisotopic (exact) mass is 345 g/mol. The molecule has 2 rings (SSSR count). The van der Waals surface area contributed by atoms with Crippen LogP contribution in [0.2, 0.25) is 5.02 Å². The van der Waals surface area contributed by atoms with Gasteiger partial charge in [0, 0.05) is 10.2 Å². The number of aliphatic hydroxyl groups is 1. The molecule has 2 nitrogen and oxygen atoms in total. The third-order valence-electron chi connectivity index (χ3n) is 4.19. The van der Waals surface area contributed by atoms with Crippen molar-refractivity contribution in [2.24, 2.45) is 11.3 Å². The Morgan fingerprint density at radius 1 is 1.47 bits per heavy atom. The third-order valence-corrected chi connectivity index (χ3v) is 5.41. The van der Waals surface area contributed by atoms with E-state index in [1.165, 1.54) is 0 Å². The molecular weight excluding hydrogens is 326 g/mol. The molecule has 2 N–H and O–H groups in total. The van der Waals surface area contributed by atoms with Crippen molar-refractivity contribution < 1.29 is 5.11 Å². The fraction of sp³-hybridized carbons (Fsp3) is 0.600. The van der Waals surface area contributed by atoms with E-state index in [1.54, 1.807) is 0 Å². The predicted molar refractivity (Wildman–Crippen MR) is 84.8 cm³/mol. The minimum Gasteiger partial charge on any atom is -0.394 e. The molecule has 0 heterocycles. The largest absolute Gasteiger partial charge is 0.394 e. The van der Waals surface area contributed by atoms with Crippen molar-refractivity contribution in [3.05, 3.63) is 27.7 Å². The smallest absolute Gasteiger partial charge is 0.0664 e. The van der Waals surface area contributed by atoms with E-state index in [9.17, 15) is 5.11 Å². The number of hydrogen-bond donors (Lipinski definition) is 2. The summed E-state index contributed by atoms with van der Waals surface area (Å²) < 4.78 is 0.872. The lowest BCUT2D eigenvalue weighted by molar-refractivity contribution is 0.179. The number of anilines is 1. The Hall–Kier alpha value is -0.250. The highest BCUT2D eigenvalue weighted by Gasteiger charge is 2.48. The molecule has 1 saturated carbocycles. The fourth-order valence-corrected chi connectivity index (χ4v) is 3.90. The van der Waals surface area contributed by atoms with Crippen molar-refractivity contribution in [1.29, 1.82) is 0 Å². The van der Waals surface area contributed by atoms with Crippen LogP contribution in [0.1, 0.15) is 33.6 Å². The van der Waals surface area contributed by atoms with Crippen molar-refractivity contribution in [2.75, 3.05) is 11.9 Å². The van der Waals surface area contributed by atoms with Gasteiger partial charge in [0.05, 0.1) is 17.2 Å².